The fourth-order valence-corrected chi connectivity index (χ4v) is 8.91. The van der Waals surface area contributed by atoms with Crippen molar-refractivity contribution in [2.75, 3.05) is 0 Å². The number of allylic oxidation sites excluding steroid dienone is 1. The minimum atomic E-state index is -0.415. The molecule has 218 valence electrons. The third-order valence-electron chi connectivity index (χ3n) is 7.84. The van der Waals surface area contributed by atoms with E-state index in [2.05, 4.69) is 81.6 Å². The van der Waals surface area contributed by atoms with Gasteiger partial charge >= 0.3 is 0 Å². The van der Waals surface area contributed by atoms with Gasteiger partial charge in [-0.25, -0.2) is 4.99 Å². The van der Waals surface area contributed by atoms with Crippen LogP contribution >= 0.6 is 56.5 Å². The number of aromatic nitrogens is 1. The van der Waals surface area contributed by atoms with E-state index in [9.17, 15) is 14.9 Å². The molecule has 2 heterocycles. The van der Waals surface area contributed by atoms with Gasteiger partial charge in [0.1, 0.15) is 12.4 Å². The molecular weight excluding hydrogens is 800 g/mol. The molecule has 0 unspecified atom stereocenters. The largest absolute Gasteiger partial charge is 0.487 e. The van der Waals surface area contributed by atoms with E-state index in [-0.39, 0.29) is 23.9 Å². The molecule has 0 radical (unpaired) electrons. The quantitative estimate of drug-likeness (QED) is 0.105. The number of ether oxygens (including phenoxy) is 1. The Morgan fingerprint density at radius 3 is 2.41 bits per heavy atom. The summed E-state index contributed by atoms with van der Waals surface area (Å²) in [6.07, 6.45) is 3.72. The average molecular weight is 823 g/mol. The lowest BCUT2D eigenvalue weighted by Crippen LogP contribution is -2.38. The van der Waals surface area contributed by atoms with Gasteiger partial charge in [-0.2, -0.15) is 0 Å². The molecule has 0 spiro atoms. The number of benzene rings is 4. The Balaban J connectivity index is 1.26. The molecule has 0 amide bonds. The molecule has 2 aliphatic rings. The van der Waals surface area contributed by atoms with E-state index < -0.39 is 4.92 Å². The predicted molar refractivity (Wildman–Crippen MR) is 188 cm³/mol. The zero-order chi connectivity index (χ0) is 30.4. The second kappa shape index (κ2) is 12.1. The molecule has 7 rings (SSSR count). The number of aryl methyl sites for hydroxylation is 1. The van der Waals surface area contributed by atoms with Crippen molar-refractivity contribution in [3.05, 3.63) is 161 Å². The third kappa shape index (κ3) is 5.43. The molecule has 4 aromatic carbocycles. The molecule has 1 aliphatic carbocycles. The van der Waals surface area contributed by atoms with Gasteiger partial charge in [0.15, 0.2) is 4.80 Å². The van der Waals surface area contributed by atoms with E-state index in [0.29, 0.717) is 9.33 Å². The smallest absolute Gasteiger partial charge is 0.271 e. The maximum atomic E-state index is 14.1. The molecule has 0 saturated heterocycles. The van der Waals surface area contributed by atoms with Crippen LogP contribution < -0.4 is 19.6 Å². The minimum absolute atomic E-state index is 0.0449. The maximum absolute atomic E-state index is 14.1. The standard InChI is InChI=1S/C34H23I2N3O4S/c35-27-16-21(17-28(36)32(27)43-19-20-10-13-24(14-11-20)39(41)42)18-29-33(40)38-31(23-7-2-1-3-8-23)26-15-12-22-6-4-5-9-25(22)30(26)37-34(38)44-29/h1-11,13-14,16-18,31H,12,15,19H2/b29-18-/t31-/m1/s1. The van der Waals surface area contributed by atoms with Crippen LogP contribution in [-0.2, 0) is 13.0 Å². The Kier molecular flexibility index (Phi) is 7.97. The van der Waals surface area contributed by atoms with Gasteiger partial charge in [-0.3, -0.25) is 19.5 Å². The van der Waals surface area contributed by atoms with Crippen molar-refractivity contribution < 1.29 is 9.66 Å². The van der Waals surface area contributed by atoms with E-state index in [4.69, 9.17) is 9.73 Å². The van der Waals surface area contributed by atoms with E-state index >= 15 is 0 Å². The van der Waals surface area contributed by atoms with Crippen molar-refractivity contribution in [3.63, 3.8) is 0 Å². The van der Waals surface area contributed by atoms with E-state index in [1.54, 1.807) is 12.1 Å². The van der Waals surface area contributed by atoms with Crippen LogP contribution in [0.15, 0.2) is 106 Å². The summed E-state index contributed by atoms with van der Waals surface area (Å²) in [5.74, 6) is 0.735. The number of hydrogen-bond acceptors (Lipinski definition) is 6. The number of rotatable bonds is 6. The Labute approximate surface area is 283 Å². The molecule has 1 aromatic heterocycles. The zero-order valence-corrected chi connectivity index (χ0v) is 28.2. The summed E-state index contributed by atoms with van der Waals surface area (Å²) in [6, 6.07) is 28.8. The predicted octanol–water partition coefficient (Wildman–Crippen LogP) is 7.02. The Morgan fingerprint density at radius 1 is 0.977 bits per heavy atom. The first-order valence-corrected chi connectivity index (χ1v) is 16.9. The molecular formula is C34H23I2N3O4S. The van der Waals surface area contributed by atoms with Gasteiger partial charge in [0.05, 0.1) is 28.3 Å². The van der Waals surface area contributed by atoms with Crippen LogP contribution in [0.3, 0.4) is 0 Å². The van der Waals surface area contributed by atoms with Crippen LogP contribution in [0.2, 0.25) is 0 Å². The van der Waals surface area contributed by atoms with Gasteiger partial charge in [0, 0.05) is 17.7 Å². The SMILES string of the molecule is O=c1/c(=C/c2cc(I)c(OCc3ccc([N+](=O)[O-])cc3)c(I)c2)sc2n1[C@H](c1ccccc1)C1=C(N=2)c2ccccc2CC1. The van der Waals surface area contributed by atoms with Gasteiger partial charge in [-0.05, 0) is 116 Å². The first-order valence-electron chi connectivity index (χ1n) is 13.9. The number of hydrogen-bond donors (Lipinski definition) is 0. The van der Waals surface area contributed by atoms with Gasteiger partial charge in [0.2, 0.25) is 0 Å². The maximum Gasteiger partial charge on any atom is 0.271 e. The Hall–Kier alpha value is -3.62. The van der Waals surface area contributed by atoms with Crippen LogP contribution in [0, 0.1) is 17.3 Å². The highest BCUT2D eigenvalue weighted by atomic mass is 127. The van der Waals surface area contributed by atoms with Gasteiger partial charge in [-0.1, -0.05) is 65.9 Å². The highest BCUT2D eigenvalue weighted by Gasteiger charge is 2.32. The number of halogens is 2. The average Bonchev–Trinajstić information content (AvgIpc) is 3.34. The summed E-state index contributed by atoms with van der Waals surface area (Å²) >= 11 is 5.91. The minimum Gasteiger partial charge on any atom is -0.487 e. The molecule has 1 atom stereocenters. The lowest BCUT2D eigenvalue weighted by Gasteiger charge is -2.30. The molecule has 0 saturated carbocycles. The fourth-order valence-electron chi connectivity index (χ4n) is 5.78. The molecule has 0 N–H and O–H groups in total. The monoisotopic (exact) mass is 823 g/mol. The summed E-state index contributed by atoms with van der Waals surface area (Å²) in [5.41, 5.74) is 7.45. The summed E-state index contributed by atoms with van der Waals surface area (Å²) in [6.45, 7) is 0.287. The van der Waals surface area contributed by atoms with Crippen LogP contribution in [0.5, 0.6) is 5.75 Å². The summed E-state index contributed by atoms with van der Waals surface area (Å²) in [7, 11) is 0. The van der Waals surface area contributed by atoms with E-state index in [1.807, 2.05) is 41.0 Å². The van der Waals surface area contributed by atoms with Crippen molar-refractivity contribution >= 4 is 74.0 Å². The molecule has 0 bridgehead atoms. The van der Waals surface area contributed by atoms with Gasteiger partial charge in [0.25, 0.3) is 11.2 Å². The fraction of sp³-hybridized carbons (Fsp3) is 0.118. The van der Waals surface area contributed by atoms with Crippen LogP contribution in [0.4, 0.5) is 5.69 Å². The Bertz CT molecular complexity index is 2130. The van der Waals surface area contributed by atoms with E-state index in [1.165, 1.54) is 34.6 Å². The molecule has 5 aromatic rings. The normalized spacial score (nSPS) is 15.7. The highest BCUT2D eigenvalue weighted by Crippen LogP contribution is 2.41. The van der Waals surface area contributed by atoms with Crippen LogP contribution in [0.1, 0.15) is 40.3 Å². The second-order valence-electron chi connectivity index (χ2n) is 10.6. The number of thiazole rings is 1. The summed E-state index contributed by atoms with van der Waals surface area (Å²) in [4.78, 5) is 30.4. The number of non-ortho nitro benzene ring substituents is 1. The number of nitro groups is 1. The Morgan fingerprint density at radius 2 is 1.68 bits per heavy atom. The summed E-state index contributed by atoms with van der Waals surface area (Å²) < 4.78 is 10.4. The lowest BCUT2D eigenvalue weighted by atomic mass is 9.83. The van der Waals surface area contributed by atoms with Gasteiger partial charge in [-0.15, -0.1) is 0 Å². The molecule has 7 nitrogen and oxygen atoms in total. The van der Waals surface area contributed by atoms with Crippen molar-refractivity contribution in [1.29, 1.82) is 0 Å². The number of nitro benzene ring substituents is 1. The first-order chi connectivity index (χ1) is 21.4. The van der Waals surface area contributed by atoms with Crippen molar-refractivity contribution in [1.82, 2.24) is 4.57 Å². The zero-order valence-electron chi connectivity index (χ0n) is 23.1. The van der Waals surface area contributed by atoms with Crippen molar-refractivity contribution in [3.8, 4) is 5.75 Å². The third-order valence-corrected chi connectivity index (χ3v) is 10.4. The lowest BCUT2D eigenvalue weighted by molar-refractivity contribution is -0.384. The topological polar surface area (TPSA) is 86.7 Å². The van der Waals surface area contributed by atoms with Crippen molar-refractivity contribution in [2.45, 2.75) is 25.5 Å². The van der Waals surface area contributed by atoms with Gasteiger partial charge < -0.3 is 4.74 Å². The molecule has 1 aliphatic heterocycles. The van der Waals surface area contributed by atoms with Crippen molar-refractivity contribution in [2.24, 2.45) is 4.99 Å². The molecule has 0 fully saturated rings. The highest BCUT2D eigenvalue weighted by molar-refractivity contribution is 14.1. The number of nitrogens with zero attached hydrogens (tertiary/aromatic N) is 3. The number of fused-ring (bicyclic) bond motifs is 3. The summed E-state index contributed by atoms with van der Waals surface area (Å²) in [5, 5.41) is 10.9. The van der Waals surface area contributed by atoms with Crippen LogP contribution in [-0.4, -0.2) is 9.49 Å². The second-order valence-corrected chi connectivity index (χ2v) is 13.9. The molecule has 44 heavy (non-hydrogen) atoms. The first kappa shape index (κ1) is 29.1. The van der Waals surface area contributed by atoms with Crippen LogP contribution in [0.25, 0.3) is 11.8 Å². The molecule has 10 heteroatoms. The van der Waals surface area contributed by atoms with E-state index in [0.717, 1.165) is 53.7 Å².